The minimum absolute atomic E-state index is 0.160. The molecule has 0 bridgehead atoms. The number of aromatic nitrogens is 2. The van der Waals surface area contributed by atoms with Crippen LogP contribution in [0.1, 0.15) is 81.0 Å². The molecule has 296 valence electrons. The Morgan fingerprint density at radius 2 is 1.11 bits per heavy atom. The van der Waals surface area contributed by atoms with E-state index >= 15 is 0 Å². The standard InChI is InChI=1S/C20H20N2O2.C11H13ClO2.C9H8N2.C6H15N/c1-2-3-12-24-18-10-8-15(9-11-18)20(23)22-17-13-16-6-4-5-7-19(16)21-14-17;1-2-3-8-14-10-6-4-9(5-7-10)11(12)13;10-8-5-7-3-1-2-4-9(7)11-6-8;1-4-7(5-2)6-3/h4-11,13-14H,2-3,12H2,1H3,(H,22,23);4-7H,2-3,8H2,1H3;1-6H,10H2;4-6H2,1-3H3. The van der Waals surface area contributed by atoms with E-state index in [9.17, 15) is 9.59 Å². The lowest BCUT2D eigenvalue weighted by atomic mass is 10.2. The number of hydrogen-bond acceptors (Lipinski definition) is 8. The summed E-state index contributed by atoms with van der Waals surface area (Å²) in [7, 11) is 0. The monoisotopic (exact) mass is 777 g/mol. The summed E-state index contributed by atoms with van der Waals surface area (Å²) in [4.78, 5) is 34.0. The number of para-hydroxylation sites is 2. The number of nitrogens with two attached hydrogens (primary N) is 1. The topological polar surface area (TPSA) is 120 Å². The van der Waals surface area contributed by atoms with Gasteiger partial charge in [-0.05, 0) is 117 Å². The van der Waals surface area contributed by atoms with Crippen molar-refractivity contribution in [3.63, 3.8) is 0 Å². The number of unbranched alkanes of at least 4 members (excludes halogenated alkanes) is 2. The average Bonchev–Trinajstić information content (AvgIpc) is 3.23. The molecule has 0 spiro atoms. The number of amides is 1. The summed E-state index contributed by atoms with van der Waals surface area (Å²) in [6, 6.07) is 33.6. The second-order valence-corrected chi connectivity index (χ2v) is 13.0. The van der Waals surface area contributed by atoms with E-state index in [-0.39, 0.29) is 5.91 Å². The van der Waals surface area contributed by atoms with Crippen LogP contribution in [0.3, 0.4) is 0 Å². The summed E-state index contributed by atoms with van der Waals surface area (Å²) in [6.07, 6.45) is 7.61. The van der Waals surface area contributed by atoms with Crippen LogP contribution in [0.2, 0.25) is 0 Å². The number of nitrogens with zero attached hydrogens (tertiary/aromatic N) is 3. The zero-order chi connectivity index (χ0) is 40.5. The number of anilines is 2. The molecular formula is C46H56ClN5O4. The number of halogens is 1. The molecule has 2 aromatic heterocycles. The molecule has 0 atom stereocenters. The van der Waals surface area contributed by atoms with Crippen molar-refractivity contribution >= 4 is 55.9 Å². The minimum Gasteiger partial charge on any atom is -0.494 e. The molecule has 0 fully saturated rings. The van der Waals surface area contributed by atoms with Gasteiger partial charge in [-0.15, -0.1) is 0 Å². The molecule has 1 amide bonds. The molecule has 4 aromatic carbocycles. The maximum Gasteiger partial charge on any atom is 0.255 e. The van der Waals surface area contributed by atoms with E-state index in [1.165, 1.54) is 19.6 Å². The number of benzene rings is 4. The molecule has 0 aliphatic rings. The second kappa shape index (κ2) is 25.5. The van der Waals surface area contributed by atoms with Crippen LogP contribution in [0, 0.1) is 0 Å². The van der Waals surface area contributed by atoms with Crippen molar-refractivity contribution in [3.05, 3.63) is 133 Å². The Balaban J connectivity index is 0.000000223. The van der Waals surface area contributed by atoms with Gasteiger partial charge in [0, 0.05) is 21.9 Å². The van der Waals surface area contributed by atoms with E-state index in [0.29, 0.717) is 35.7 Å². The first-order valence-corrected chi connectivity index (χ1v) is 19.7. The van der Waals surface area contributed by atoms with Crippen LogP contribution in [-0.4, -0.2) is 58.9 Å². The number of hydrogen-bond donors (Lipinski definition) is 2. The number of carbonyl (C=O) groups is 2. The first-order chi connectivity index (χ1) is 27.2. The molecule has 0 aliphatic carbocycles. The van der Waals surface area contributed by atoms with Gasteiger partial charge in [-0.3, -0.25) is 19.6 Å². The third kappa shape index (κ3) is 16.1. The summed E-state index contributed by atoms with van der Waals surface area (Å²) >= 11 is 5.30. The quantitative estimate of drug-likeness (QED) is 0.0828. The highest BCUT2D eigenvalue weighted by molar-refractivity contribution is 6.67. The first kappa shape index (κ1) is 44.9. The molecule has 2 heterocycles. The minimum atomic E-state index is -0.440. The summed E-state index contributed by atoms with van der Waals surface area (Å²) < 4.78 is 11.0. The van der Waals surface area contributed by atoms with E-state index in [1.54, 1.807) is 48.8 Å². The maximum absolute atomic E-state index is 12.3. The van der Waals surface area contributed by atoms with Gasteiger partial charge in [-0.25, -0.2) is 0 Å². The van der Waals surface area contributed by atoms with Crippen LogP contribution in [0.4, 0.5) is 11.4 Å². The molecule has 0 aliphatic heterocycles. The van der Waals surface area contributed by atoms with Crippen molar-refractivity contribution in [1.82, 2.24) is 14.9 Å². The fourth-order valence-corrected chi connectivity index (χ4v) is 5.28. The third-order valence-electron chi connectivity index (χ3n) is 8.53. The predicted octanol–water partition coefficient (Wildman–Crippen LogP) is 11.1. The largest absolute Gasteiger partial charge is 0.494 e. The number of fused-ring (bicyclic) bond motifs is 2. The number of pyridine rings is 2. The number of nitrogens with one attached hydrogen (secondary N) is 1. The van der Waals surface area contributed by atoms with Gasteiger partial charge in [-0.2, -0.15) is 0 Å². The zero-order valence-corrected chi connectivity index (χ0v) is 34.1. The van der Waals surface area contributed by atoms with Crippen molar-refractivity contribution in [1.29, 1.82) is 0 Å². The highest BCUT2D eigenvalue weighted by Crippen LogP contribution is 2.19. The van der Waals surface area contributed by atoms with Crippen LogP contribution < -0.4 is 20.5 Å². The molecule has 9 nitrogen and oxygen atoms in total. The van der Waals surface area contributed by atoms with Crippen LogP contribution in [0.15, 0.2) is 122 Å². The van der Waals surface area contributed by atoms with E-state index in [2.05, 4.69) is 54.8 Å². The second-order valence-electron chi connectivity index (χ2n) is 12.7. The lowest BCUT2D eigenvalue weighted by Crippen LogP contribution is -2.21. The Hall–Kier alpha value is -5.51. The van der Waals surface area contributed by atoms with Gasteiger partial charge in [0.25, 0.3) is 11.1 Å². The van der Waals surface area contributed by atoms with E-state index in [0.717, 1.165) is 59.0 Å². The van der Waals surface area contributed by atoms with Gasteiger partial charge in [0.15, 0.2) is 0 Å². The predicted molar refractivity (Wildman–Crippen MR) is 233 cm³/mol. The van der Waals surface area contributed by atoms with E-state index in [1.807, 2.05) is 72.8 Å². The smallest absolute Gasteiger partial charge is 0.255 e. The molecule has 10 heteroatoms. The van der Waals surface area contributed by atoms with Gasteiger partial charge in [0.2, 0.25) is 0 Å². The van der Waals surface area contributed by atoms with Gasteiger partial charge in [0.05, 0.1) is 48.0 Å². The van der Waals surface area contributed by atoms with Gasteiger partial charge in [-0.1, -0.05) is 83.9 Å². The zero-order valence-electron chi connectivity index (χ0n) is 33.3. The Morgan fingerprint density at radius 3 is 1.57 bits per heavy atom. The van der Waals surface area contributed by atoms with Crippen LogP contribution in [0.25, 0.3) is 21.8 Å². The van der Waals surface area contributed by atoms with Gasteiger partial charge >= 0.3 is 0 Å². The summed E-state index contributed by atoms with van der Waals surface area (Å²) in [6.45, 7) is 15.8. The van der Waals surface area contributed by atoms with Crippen molar-refractivity contribution in [2.75, 3.05) is 43.9 Å². The Kier molecular flexibility index (Phi) is 20.5. The lowest BCUT2D eigenvalue weighted by Gasteiger charge is -2.13. The van der Waals surface area contributed by atoms with Crippen molar-refractivity contribution in [2.45, 2.75) is 60.3 Å². The van der Waals surface area contributed by atoms with Crippen LogP contribution >= 0.6 is 11.6 Å². The van der Waals surface area contributed by atoms with Crippen molar-refractivity contribution in [3.8, 4) is 11.5 Å². The third-order valence-corrected chi connectivity index (χ3v) is 8.75. The molecule has 0 unspecified atom stereocenters. The summed E-state index contributed by atoms with van der Waals surface area (Å²) in [5.74, 6) is 1.40. The highest BCUT2D eigenvalue weighted by atomic mass is 35.5. The SMILES string of the molecule is CCCCOc1ccc(C(=O)Cl)cc1.CCCCOc1ccc(C(=O)Nc2cnc3ccccc3c2)cc1.CCN(CC)CC.Nc1cnc2ccccc2c1. The number of ether oxygens (including phenoxy) is 2. The summed E-state index contributed by atoms with van der Waals surface area (Å²) in [5.41, 5.74) is 9.93. The molecule has 0 saturated heterocycles. The summed E-state index contributed by atoms with van der Waals surface area (Å²) in [5, 5.41) is 4.53. The van der Waals surface area contributed by atoms with Gasteiger partial charge < -0.3 is 25.4 Å². The Morgan fingerprint density at radius 1 is 0.643 bits per heavy atom. The normalized spacial score (nSPS) is 10.3. The Bertz CT molecular complexity index is 2030. The average molecular weight is 778 g/mol. The fraction of sp³-hybridized carbons (Fsp3) is 0.304. The van der Waals surface area contributed by atoms with Crippen molar-refractivity contribution in [2.24, 2.45) is 0 Å². The first-order valence-electron chi connectivity index (χ1n) is 19.3. The number of rotatable bonds is 14. The van der Waals surface area contributed by atoms with E-state index in [4.69, 9.17) is 26.8 Å². The molecule has 3 N–H and O–H groups in total. The highest BCUT2D eigenvalue weighted by Gasteiger charge is 2.08. The molecule has 0 saturated carbocycles. The maximum atomic E-state index is 12.3. The molecule has 6 aromatic rings. The van der Waals surface area contributed by atoms with Gasteiger partial charge in [0.1, 0.15) is 11.5 Å². The molecule has 0 radical (unpaired) electrons. The molecule has 56 heavy (non-hydrogen) atoms. The number of carbonyl (C=O) groups excluding carboxylic acids is 2. The van der Waals surface area contributed by atoms with E-state index < -0.39 is 5.24 Å². The number of nitrogen functional groups attached to an aromatic ring is 1. The Labute approximate surface area is 337 Å². The van der Waals surface area contributed by atoms with Crippen LogP contribution in [-0.2, 0) is 0 Å². The molecular weight excluding hydrogens is 722 g/mol. The van der Waals surface area contributed by atoms with Crippen LogP contribution in [0.5, 0.6) is 11.5 Å². The van der Waals surface area contributed by atoms with Crippen molar-refractivity contribution < 1.29 is 19.1 Å². The fourth-order valence-electron chi connectivity index (χ4n) is 5.15. The lowest BCUT2D eigenvalue weighted by molar-refractivity contribution is 0.102. The molecule has 6 rings (SSSR count).